The van der Waals surface area contributed by atoms with Crippen molar-refractivity contribution in [2.24, 2.45) is 0 Å². The first-order valence-corrected chi connectivity index (χ1v) is 18.0. The van der Waals surface area contributed by atoms with Gasteiger partial charge in [-0.1, -0.05) is 30.4 Å². The molecular formula is C42H53N3O5. The molecule has 50 heavy (non-hydrogen) atoms. The number of carbonyl (C=O) groups is 1. The molecule has 0 N–H and O–H groups in total. The maximum absolute atomic E-state index is 13.5. The summed E-state index contributed by atoms with van der Waals surface area (Å²) in [7, 11) is 1.42. The molecule has 266 valence electrons. The Balaban J connectivity index is 1.54. The molecule has 8 nitrogen and oxygen atoms in total. The summed E-state index contributed by atoms with van der Waals surface area (Å²) < 4.78 is 27.1. The minimum atomic E-state index is -0.912. The Labute approximate surface area is 297 Å². The lowest BCUT2D eigenvalue weighted by Crippen LogP contribution is -2.45. The van der Waals surface area contributed by atoms with Crippen molar-refractivity contribution in [2.75, 3.05) is 31.7 Å². The number of carbonyl (C=O) groups excluding carboxylic acids is 1. The largest absolute Gasteiger partial charge is 0.490 e. The number of fused-ring (bicyclic) bond motifs is 8. The lowest BCUT2D eigenvalue weighted by Gasteiger charge is -2.41. The van der Waals surface area contributed by atoms with Gasteiger partial charge in [0.2, 0.25) is 0 Å². The molecule has 0 aliphatic carbocycles. The third-order valence-corrected chi connectivity index (χ3v) is 10.0. The van der Waals surface area contributed by atoms with Gasteiger partial charge in [-0.05, 0) is 121 Å². The second-order valence-electron chi connectivity index (χ2n) is 15.3. The van der Waals surface area contributed by atoms with E-state index in [-0.39, 0.29) is 11.7 Å². The third-order valence-electron chi connectivity index (χ3n) is 10.0. The van der Waals surface area contributed by atoms with Gasteiger partial charge in [-0.3, -0.25) is 4.40 Å². The number of hydrogen-bond donors (Lipinski definition) is 0. The van der Waals surface area contributed by atoms with E-state index >= 15 is 0 Å². The number of ether oxygens (including phenoxy) is 4. The molecule has 7 rings (SSSR count). The lowest BCUT2D eigenvalue weighted by atomic mass is 9.92. The van der Waals surface area contributed by atoms with Crippen molar-refractivity contribution in [3.8, 4) is 28.1 Å². The van der Waals surface area contributed by atoms with Crippen LogP contribution in [0.5, 0.6) is 5.75 Å². The van der Waals surface area contributed by atoms with E-state index in [1.165, 1.54) is 18.2 Å². The van der Waals surface area contributed by atoms with Gasteiger partial charge in [-0.15, -0.1) is 0 Å². The van der Waals surface area contributed by atoms with E-state index < -0.39 is 17.7 Å². The van der Waals surface area contributed by atoms with Crippen LogP contribution in [0.2, 0.25) is 0 Å². The fourth-order valence-corrected chi connectivity index (χ4v) is 7.05. The highest BCUT2D eigenvalue weighted by Crippen LogP contribution is 2.41. The Morgan fingerprint density at radius 1 is 1.00 bits per heavy atom. The molecule has 0 unspecified atom stereocenters. The number of aromatic nitrogens is 2. The van der Waals surface area contributed by atoms with Gasteiger partial charge in [0.25, 0.3) is 0 Å². The minimum Gasteiger partial charge on any atom is -0.490 e. The first kappa shape index (κ1) is 35.7. The van der Waals surface area contributed by atoms with Gasteiger partial charge < -0.3 is 23.8 Å². The Morgan fingerprint density at radius 2 is 1.72 bits per heavy atom. The van der Waals surface area contributed by atoms with Crippen LogP contribution in [0.1, 0.15) is 88.7 Å². The van der Waals surface area contributed by atoms with Crippen molar-refractivity contribution < 1.29 is 23.7 Å². The van der Waals surface area contributed by atoms with Gasteiger partial charge in [0.15, 0.2) is 6.10 Å². The van der Waals surface area contributed by atoms with Crippen LogP contribution in [0.4, 0.5) is 5.82 Å². The topological polar surface area (TPSA) is 74.5 Å². The minimum absolute atomic E-state index is 0.0116. The molecule has 0 saturated carbocycles. The summed E-state index contributed by atoms with van der Waals surface area (Å²) in [6.45, 7) is 18.7. The summed E-state index contributed by atoms with van der Waals surface area (Å²) in [5.74, 6) is 1.36. The number of imidazole rings is 1. The van der Waals surface area contributed by atoms with Crippen LogP contribution in [0.3, 0.4) is 0 Å². The van der Waals surface area contributed by atoms with Crippen LogP contribution >= 0.6 is 0 Å². The number of aryl methyl sites for hydroxylation is 3. The molecule has 0 amide bonds. The van der Waals surface area contributed by atoms with E-state index in [0.717, 1.165) is 89.5 Å². The Kier molecular flexibility index (Phi) is 10.2. The summed E-state index contributed by atoms with van der Waals surface area (Å²) in [6.07, 6.45) is 8.97. The number of anilines is 1. The first-order valence-electron chi connectivity index (χ1n) is 18.0. The first-order chi connectivity index (χ1) is 23.7. The highest BCUT2D eigenvalue weighted by molar-refractivity contribution is 5.82. The molecular weight excluding hydrogens is 626 g/mol. The third kappa shape index (κ3) is 7.62. The molecule has 0 spiro atoms. The summed E-state index contributed by atoms with van der Waals surface area (Å²) in [4.78, 5) is 21.0. The van der Waals surface area contributed by atoms with E-state index in [4.69, 9.17) is 23.9 Å². The highest BCUT2D eigenvalue weighted by Gasteiger charge is 2.37. The lowest BCUT2D eigenvalue weighted by molar-refractivity contribution is -0.164. The van der Waals surface area contributed by atoms with Crippen LogP contribution < -0.4 is 9.64 Å². The van der Waals surface area contributed by atoms with Crippen molar-refractivity contribution in [2.45, 2.75) is 104 Å². The van der Waals surface area contributed by atoms with E-state index in [9.17, 15) is 4.79 Å². The Hall–Kier alpha value is -4.14. The standard InChI is InChI=1S/C42H53N3O5/c1-27-22-33-31-15-13-16-32(25-31)34-26-45-36(43-34)24-29(3)37(38(40(46)47-9)50-41(5,6)7)39(45)44-19-17-42(8,18-20-44)48-21-12-10-11-14-30(4)49-35(33)23-28(27)2/h10-11,13,15-16,22-26,30,38H,12,14,17-21H2,1-9H3/b11-10+/t30-,38-/m0/s1. The highest BCUT2D eigenvalue weighted by atomic mass is 16.6. The molecule has 4 aromatic rings. The second-order valence-corrected chi connectivity index (χ2v) is 15.3. The van der Waals surface area contributed by atoms with Crippen LogP contribution in [0.15, 0.2) is 60.8 Å². The summed E-state index contributed by atoms with van der Waals surface area (Å²) in [6, 6.07) is 15.0. The normalized spacial score (nSPS) is 21.3. The van der Waals surface area contributed by atoms with Gasteiger partial charge >= 0.3 is 5.97 Å². The molecule has 8 heteroatoms. The van der Waals surface area contributed by atoms with Crippen molar-refractivity contribution in [1.82, 2.24) is 9.38 Å². The zero-order valence-electron chi connectivity index (χ0n) is 31.3. The summed E-state index contributed by atoms with van der Waals surface area (Å²) >= 11 is 0. The molecule has 1 saturated heterocycles. The molecule has 0 radical (unpaired) electrons. The number of esters is 1. The van der Waals surface area contributed by atoms with Crippen LogP contribution in [0, 0.1) is 20.8 Å². The quantitative estimate of drug-likeness (QED) is 0.158. The Bertz CT molecular complexity index is 1890. The zero-order chi connectivity index (χ0) is 35.8. The molecule has 1 fully saturated rings. The van der Waals surface area contributed by atoms with E-state index in [2.05, 4.69) is 91.7 Å². The fourth-order valence-electron chi connectivity index (χ4n) is 7.05. The molecule has 5 heterocycles. The Morgan fingerprint density at radius 3 is 2.44 bits per heavy atom. The average molecular weight is 680 g/mol. The summed E-state index contributed by atoms with van der Waals surface area (Å²) in [5.41, 5.74) is 8.09. The SMILES string of the molecule is COC(=O)[C@@H](OC(C)(C)C)c1c(C)cc2nc3cn2c1N1CCC(C)(CC1)OCC/C=C/C[C@H](C)Oc1cc(C)c(C)cc1-c1cccc-3c1. The smallest absolute Gasteiger partial charge is 0.339 e. The van der Waals surface area contributed by atoms with Crippen molar-refractivity contribution in [3.05, 3.63) is 83.1 Å². The molecule has 3 aliphatic rings. The number of piperidine rings is 1. The van der Waals surface area contributed by atoms with E-state index in [1.54, 1.807) is 0 Å². The van der Waals surface area contributed by atoms with Crippen molar-refractivity contribution >= 4 is 17.4 Å². The molecule has 2 aromatic heterocycles. The molecule has 2 atom stereocenters. The molecule has 6 bridgehead atoms. The fraction of sp³-hybridized carbons (Fsp3) is 0.476. The maximum atomic E-state index is 13.5. The predicted octanol–water partition coefficient (Wildman–Crippen LogP) is 9.12. The van der Waals surface area contributed by atoms with E-state index in [1.807, 2.05) is 33.8 Å². The van der Waals surface area contributed by atoms with Gasteiger partial charge in [0.05, 0.1) is 36.7 Å². The maximum Gasteiger partial charge on any atom is 0.339 e. The van der Waals surface area contributed by atoms with Crippen molar-refractivity contribution in [3.63, 3.8) is 0 Å². The number of rotatable bonds is 3. The van der Waals surface area contributed by atoms with Crippen LogP contribution in [-0.2, 0) is 19.0 Å². The van der Waals surface area contributed by atoms with Gasteiger partial charge in [0, 0.05) is 42.4 Å². The number of pyridine rings is 1. The zero-order valence-corrected chi connectivity index (χ0v) is 31.3. The van der Waals surface area contributed by atoms with E-state index in [0.29, 0.717) is 6.61 Å². The average Bonchev–Trinajstić information content (AvgIpc) is 3.49. The number of benzene rings is 2. The monoisotopic (exact) mass is 679 g/mol. The van der Waals surface area contributed by atoms with Crippen LogP contribution in [0.25, 0.3) is 28.0 Å². The summed E-state index contributed by atoms with van der Waals surface area (Å²) in [5, 5.41) is 0. The van der Waals surface area contributed by atoms with Gasteiger partial charge in [0.1, 0.15) is 17.2 Å². The number of nitrogens with zero attached hydrogens (tertiary/aromatic N) is 3. The van der Waals surface area contributed by atoms with Gasteiger partial charge in [-0.25, -0.2) is 9.78 Å². The van der Waals surface area contributed by atoms with Crippen molar-refractivity contribution in [1.29, 1.82) is 0 Å². The second kappa shape index (κ2) is 14.2. The number of methoxy groups -OCH3 is 1. The van der Waals surface area contributed by atoms with Crippen LogP contribution in [-0.4, -0.2) is 59.5 Å². The molecule has 2 aromatic carbocycles. The molecule has 3 aliphatic heterocycles. The predicted molar refractivity (Wildman–Crippen MR) is 200 cm³/mol. The number of hydrogen-bond acceptors (Lipinski definition) is 7. The van der Waals surface area contributed by atoms with Gasteiger partial charge in [-0.2, -0.15) is 0 Å².